The number of carbonyl (C=O) groups is 2. The fourth-order valence-electron chi connectivity index (χ4n) is 2.78. The average Bonchev–Trinajstić information content (AvgIpc) is 3.39. The highest BCUT2D eigenvalue weighted by Gasteiger charge is 2.41. The molecule has 0 bridgehead atoms. The first-order valence-corrected chi connectivity index (χ1v) is 8.23. The quantitative estimate of drug-likeness (QED) is 0.719. The van der Waals surface area contributed by atoms with Crippen molar-refractivity contribution in [3.63, 3.8) is 0 Å². The van der Waals surface area contributed by atoms with Gasteiger partial charge in [-0.2, -0.15) is 0 Å². The molecule has 1 aliphatic carbocycles. The topological polar surface area (TPSA) is 78.4 Å². The summed E-state index contributed by atoms with van der Waals surface area (Å²) in [5.74, 6) is -0.397. The Kier molecular flexibility index (Phi) is 4.81. The van der Waals surface area contributed by atoms with E-state index in [9.17, 15) is 14.7 Å². The third-order valence-corrected chi connectivity index (χ3v) is 4.63. The molecule has 1 fully saturated rings. The minimum Gasteiger partial charge on any atom is -0.396 e. The molecule has 0 atom stereocenters. The molecule has 2 amide bonds. The first-order chi connectivity index (χ1) is 11.6. The van der Waals surface area contributed by atoms with Gasteiger partial charge in [-0.25, -0.2) is 0 Å². The van der Waals surface area contributed by atoms with E-state index in [0.29, 0.717) is 6.54 Å². The highest BCUT2D eigenvalue weighted by molar-refractivity contribution is 5.91. The van der Waals surface area contributed by atoms with Gasteiger partial charge in [0, 0.05) is 12.0 Å². The molecule has 0 aromatic heterocycles. The lowest BCUT2D eigenvalue weighted by Gasteiger charge is -2.13. The van der Waals surface area contributed by atoms with Crippen LogP contribution in [0.2, 0.25) is 0 Å². The van der Waals surface area contributed by atoms with Crippen molar-refractivity contribution in [1.82, 2.24) is 10.6 Å². The maximum absolute atomic E-state index is 12.1. The summed E-state index contributed by atoms with van der Waals surface area (Å²) in [6, 6.07) is 13.8. The normalized spacial score (nSPS) is 15.0. The molecule has 1 saturated carbocycles. The molecule has 5 heteroatoms. The van der Waals surface area contributed by atoms with E-state index in [0.717, 1.165) is 29.2 Å². The van der Waals surface area contributed by atoms with Crippen molar-refractivity contribution < 1.29 is 14.7 Å². The van der Waals surface area contributed by atoms with E-state index in [1.54, 1.807) is 0 Å². The number of amides is 2. The molecule has 0 radical (unpaired) electrons. The lowest BCUT2D eigenvalue weighted by molar-refractivity contribution is -0.125. The SMILES string of the molecule is O=C(CNC(=O)Cc1cccc2ccccc12)NCC1(CO)CC1. The summed E-state index contributed by atoms with van der Waals surface area (Å²) in [5, 5.41) is 16.8. The molecule has 0 saturated heterocycles. The molecular weight excluding hydrogens is 304 g/mol. The maximum Gasteiger partial charge on any atom is 0.239 e. The molecule has 5 nitrogen and oxygen atoms in total. The van der Waals surface area contributed by atoms with Gasteiger partial charge in [-0.3, -0.25) is 9.59 Å². The highest BCUT2D eigenvalue weighted by atomic mass is 16.3. The second kappa shape index (κ2) is 7.01. The molecule has 0 spiro atoms. The largest absolute Gasteiger partial charge is 0.396 e. The van der Waals surface area contributed by atoms with Gasteiger partial charge in [-0.05, 0) is 29.2 Å². The minimum atomic E-state index is -0.221. The molecule has 0 unspecified atom stereocenters. The summed E-state index contributed by atoms with van der Waals surface area (Å²) < 4.78 is 0. The summed E-state index contributed by atoms with van der Waals surface area (Å²) in [4.78, 5) is 23.9. The van der Waals surface area contributed by atoms with Crippen molar-refractivity contribution in [2.75, 3.05) is 19.7 Å². The Hall–Kier alpha value is -2.40. The molecule has 2 aromatic rings. The van der Waals surface area contributed by atoms with Gasteiger partial charge >= 0.3 is 0 Å². The predicted octanol–water partition coefficient (Wildman–Crippen LogP) is 1.39. The molecule has 3 N–H and O–H groups in total. The zero-order valence-corrected chi connectivity index (χ0v) is 13.5. The summed E-state index contributed by atoms with van der Waals surface area (Å²) in [6.07, 6.45) is 2.13. The van der Waals surface area contributed by atoms with E-state index in [-0.39, 0.29) is 36.8 Å². The van der Waals surface area contributed by atoms with Crippen LogP contribution in [0.25, 0.3) is 10.8 Å². The molecule has 24 heavy (non-hydrogen) atoms. The first-order valence-electron chi connectivity index (χ1n) is 8.23. The third kappa shape index (κ3) is 3.92. The number of nitrogens with one attached hydrogen (secondary N) is 2. The number of aliphatic hydroxyl groups is 1. The smallest absolute Gasteiger partial charge is 0.239 e. The van der Waals surface area contributed by atoms with Crippen LogP contribution in [0.1, 0.15) is 18.4 Å². The highest BCUT2D eigenvalue weighted by Crippen LogP contribution is 2.44. The van der Waals surface area contributed by atoms with Gasteiger partial charge in [0.15, 0.2) is 0 Å². The number of aliphatic hydroxyl groups excluding tert-OH is 1. The lowest BCUT2D eigenvalue weighted by atomic mass is 10.0. The molecule has 3 rings (SSSR count). The first kappa shape index (κ1) is 16.5. The van der Waals surface area contributed by atoms with E-state index in [4.69, 9.17) is 0 Å². The van der Waals surface area contributed by atoms with E-state index in [2.05, 4.69) is 10.6 Å². The number of fused-ring (bicyclic) bond motifs is 1. The summed E-state index contributed by atoms with van der Waals surface area (Å²) in [6.45, 7) is 0.535. The predicted molar refractivity (Wildman–Crippen MR) is 92.4 cm³/mol. The van der Waals surface area contributed by atoms with Crippen LogP contribution in [0.5, 0.6) is 0 Å². The number of benzene rings is 2. The van der Waals surface area contributed by atoms with Crippen LogP contribution in [-0.4, -0.2) is 36.6 Å². The third-order valence-electron chi connectivity index (χ3n) is 4.63. The second-order valence-corrected chi connectivity index (χ2v) is 6.53. The summed E-state index contributed by atoms with van der Waals surface area (Å²) >= 11 is 0. The van der Waals surface area contributed by atoms with Crippen molar-refractivity contribution in [3.8, 4) is 0 Å². The van der Waals surface area contributed by atoms with Gasteiger partial charge in [0.05, 0.1) is 19.6 Å². The van der Waals surface area contributed by atoms with Crippen molar-refractivity contribution in [1.29, 1.82) is 0 Å². The Bertz CT molecular complexity index is 748. The zero-order chi connectivity index (χ0) is 17.0. The molecule has 126 valence electrons. The standard InChI is InChI=1S/C19H22N2O3/c22-13-19(8-9-19)12-21-18(24)11-20-17(23)10-15-6-3-5-14-4-1-2-7-16(14)15/h1-7,22H,8-13H2,(H,20,23)(H,21,24). The lowest BCUT2D eigenvalue weighted by Crippen LogP contribution is -2.40. The van der Waals surface area contributed by atoms with Gasteiger partial charge < -0.3 is 15.7 Å². The number of hydrogen-bond donors (Lipinski definition) is 3. The number of hydrogen-bond acceptors (Lipinski definition) is 3. The van der Waals surface area contributed by atoms with Crippen LogP contribution in [0.4, 0.5) is 0 Å². The molecule has 0 heterocycles. The molecular formula is C19H22N2O3. The Morgan fingerprint density at radius 2 is 1.75 bits per heavy atom. The van der Waals surface area contributed by atoms with E-state index in [1.807, 2.05) is 42.5 Å². The van der Waals surface area contributed by atoms with Crippen molar-refractivity contribution >= 4 is 22.6 Å². The van der Waals surface area contributed by atoms with Gasteiger partial charge in [0.25, 0.3) is 0 Å². The van der Waals surface area contributed by atoms with Gasteiger partial charge in [-0.15, -0.1) is 0 Å². The van der Waals surface area contributed by atoms with Crippen LogP contribution in [0.3, 0.4) is 0 Å². The van der Waals surface area contributed by atoms with Gasteiger partial charge in [-0.1, -0.05) is 42.5 Å². The van der Waals surface area contributed by atoms with E-state index in [1.165, 1.54) is 0 Å². The van der Waals surface area contributed by atoms with Crippen molar-refractivity contribution in [2.24, 2.45) is 5.41 Å². The van der Waals surface area contributed by atoms with Crippen LogP contribution in [-0.2, 0) is 16.0 Å². The summed E-state index contributed by atoms with van der Waals surface area (Å²) in [5.41, 5.74) is 0.825. The summed E-state index contributed by atoms with van der Waals surface area (Å²) in [7, 11) is 0. The van der Waals surface area contributed by atoms with Gasteiger partial charge in [0.2, 0.25) is 11.8 Å². The second-order valence-electron chi connectivity index (χ2n) is 6.53. The fraction of sp³-hybridized carbons (Fsp3) is 0.368. The van der Waals surface area contributed by atoms with Crippen LogP contribution in [0.15, 0.2) is 42.5 Å². The molecule has 1 aliphatic rings. The van der Waals surface area contributed by atoms with Crippen molar-refractivity contribution in [3.05, 3.63) is 48.0 Å². The van der Waals surface area contributed by atoms with Crippen LogP contribution >= 0.6 is 0 Å². The minimum absolute atomic E-state index is 0.0366. The monoisotopic (exact) mass is 326 g/mol. The average molecular weight is 326 g/mol. The van der Waals surface area contributed by atoms with E-state index < -0.39 is 0 Å². The van der Waals surface area contributed by atoms with E-state index >= 15 is 0 Å². The van der Waals surface area contributed by atoms with Crippen LogP contribution in [0, 0.1) is 5.41 Å². The van der Waals surface area contributed by atoms with Crippen LogP contribution < -0.4 is 10.6 Å². The molecule has 0 aliphatic heterocycles. The zero-order valence-electron chi connectivity index (χ0n) is 13.5. The van der Waals surface area contributed by atoms with Gasteiger partial charge in [0.1, 0.15) is 0 Å². The maximum atomic E-state index is 12.1. The Morgan fingerprint density at radius 1 is 1.00 bits per heavy atom. The number of rotatable bonds is 7. The molecule has 2 aromatic carbocycles. The fourth-order valence-corrected chi connectivity index (χ4v) is 2.78. The Morgan fingerprint density at radius 3 is 2.50 bits per heavy atom. The van der Waals surface area contributed by atoms with Crippen molar-refractivity contribution in [2.45, 2.75) is 19.3 Å². The Balaban J connectivity index is 1.49. The number of carbonyl (C=O) groups excluding carboxylic acids is 2. The Labute approximate surface area is 141 Å².